The maximum absolute atomic E-state index is 12.1. The minimum atomic E-state index is -4.22. The Balaban J connectivity index is 2.92. The van der Waals surface area contributed by atoms with Crippen LogP contribution in [0.5, 0.6) is 0 Å². The van der Waals surface area contributed by atoms with Crippen molar-refractivity contribution in [2.45, 2.75) is 26.1 Å². The van der Waals surface area contributed by atoms with Crippen LogP contribution in [-0.2, 0) is 6.18 Å². The predicted octanol–water partition coefficient (Wildman–Crippen LogP) is 3.09. The van der Waals surface area contributed by atoms with Gasteiger partial charge < -0.3 is 4.57 Å². The van der Waals surface area contributed by atoms with Gasteiger partial charge in [0.05, 0.1) is 5.56 Å². The first kappa shape index (κ1) is 9.16. The average Bonchev–Trinajstić information content (AvgIpc) is 2.30. The zero-order valence-electron chi connectivity index (χ0n) is 6.89. The second kappa shape index (κ2) is 2.84. The van der Waals surface area contributed by atoms with Crippen LogP contribution in [0.1, 0.15) is 25.5 Å². The summed E-state index contributed by atoms with van der Waals surface area (Å²) in [7, 11) is 0. The van der Waals surface area contributed by atoms with Gasteiger partial charge >= 0.3 is 6.18 Å². The molecule has 0 N–H and O–H groups in total. The van der Waals surface area contributed by atoms with Crippen LogP contribution in [0.4, 0.5) is 13.2 Å². The summed E-state index contributed by atoms with van der Waals surface area (Å²) in [6.45, 7) is 3.67. The lowest BCUT2D eigenvalue weighted by molar-refractivity contribution is -0.137. The molecule has 0 saturated heterocycles. The van der Waals surface area contributed by atoms with Gasteiger partial charge in [-0.25, -0.2) is 0 Å². The van der Waals surface area contributed by atoms with Crippen LogP contribution >= 0.6 is 0 Å². The third-order valence-electron chi connectivity index (χ3n) is 1.64. The largest absolute Gasteiger partial charge is 0.417 e. The maximum Gasteiger partial charge on any atom is 0.417 e. The van der Waals surface area contributed by atoms with Crippen LogP contribution in [0.15, 0.2) is 18.5 Å². The first-order chi connectivity index (χ1) is 5.41. The minimum absolute atomic E-state index is 0.0705. The number of alkyl halides is 3. The van der Waals surface area contributed by atoms with Gasteiger partial charge in [-0.05, 0) is 19.9 Å². The van der Waals surface area contributed by atoms with E-state index in [-0.39, 0.29) is 6.04 Å². The predicted molar refractivity (Wildman–Crippen MR) is 39.8 cm³/mol. The molecule has 0 bridgehead atoms. The highest BCUT2D eigenvalue weighted by atomic mass is 19.4. The molecule has 0 saturated carbocycles. The molecule has 1 aromatic rings. The zero-order chi connectivity index (χ0) is 9.35. The quantitative estimate of drug-likeness (QED) is 0.621. The van der Waals surface area contributed by atoms with Crippen LogP contribution in [0.2, 0.25) is 0 Å². The maximum atomic E-state index is 12.1. The Morgan fingerprint density at radius 1 is 1.33 bits per heavy atom. The topological polar surface area (TPSA) is 4.93 Å². The molecule has 0 fully saturated rings. The fraction of sp³-hybridized carbons (Fsp3) is 0.500. The van der Waals surface area contributed by atoms with Crippen molar-refractivity contribution in [3.63, 3.8) is 0 Å². The molecule has 4 heteroatoms. The zero-order valence-corrected chi connectivity index (χ0v) is 6.89. The lowest BCUT2D eigenvalue weighted by atomic mass is 10.3. The first-order valence-corrected chi connectivity index (χ1v) is 3.66. The third-order valence-corrected chi connectivity index (χ3v) is 1.64. The third kappa shape index (κ3) is 1.81. The molecule has 0 unspecified atom stereocenters. The number of nitrogens with zero attached hydrogens (tertiary/aromatic N) is 1. The molecule has 12 heavy (non-hydrogen) atoms. The summed E-state index contributed by atoms with van der Waals surface area (Å²) >= 11 is 0. The SMILES string of the molecule is CC(C)n1ccc(C(F)(F)F)c1. The van der Waals surface area contributed by atoms with Crippen LogP contribution in [-0.4, -0.2) is 4.57 Å². The highest BCUT2D eigenvalue weighted by molar-refractivity contribution is 5.14. The second-order valence-corrected chi connectivity index (χ2v) is 2.94. The van der Waals surface area contributed by atoms with E-state index in [1.807, 2.05) is 13.8 Å². The van der Waals surface area contributed by atoms with Gasteiger partial charge in [-0.15, -0.1) is 0 Å². The Morgan fingerprint density at radius 3 is 2.17 bits per heavy atom. The standard InChI is InChI=1S/C8H10F3N/c1-6(2)12-4-3-7(5-12)8(9,10)11/h3-6H,1-2H3. The van der Waals surface area contributed by atoms with Gasteiger partial charge in [0.15, 0.2) is 0 Å². The van der Waals surface area contributed by atoms with Gasteiger partial charge in [0.25, 0.3) is 0 Å². The fourth-order valence-electron chi connectivity index (χ4n) is 0.902. The summed E-state index contributed by atoms with van der Waals surface area (Å²) in [5, 5.41) is 0. The minimum Gasteiger partial charge on any atom is -0.351 e. The van der Waals surface area contributed by atoms with E-state index in [1.165, 1.54) is 10.8 Å². The fourth-order valence-corrected chi connectivity index (χ4v) is 0.902. The second-order valence-electron chi connectivity index (χ2n) is 2.94. The monoisotopic (exact) mass is 177 g/mol. The molecular formula is C8H10F3N. The summed E-state index contributed by atoms with van der Waals surface area (Å²) < 4.78 is 37.7. The molecule has 1 nitrogen and oxygen atoms in total. The molecular weight excluding hydrogens is 167 g/mol. The van der Waals surface area contributed by atoms with Crippen molar-refractivity contribution in [1.82, 2.24) is 4.57 Å². The molecule has 1 rings (SSSR count). The summed E-state index contributed by atoms with van der Waals surface area (Å²) in [4.78, 5) is 0. The number of hydrogen-bond acceptors (Lipinski definition) is 0. The van der Waals surface area contributed by atoms with E-state index in [9.17, 15) is 13.2 Å². The van der Waals surface area contributed by atoms with E-state index in [4.69, 9.17) is 0 Å². The Labute approximate surface area is 68.8 Å². The average molecular weight is 177 g/mol. The Kier molecular flexibility index (Phi) is 2.17. The molecule has 0 spiro atoms. The van der Waals surface area contributed by atoms with Crippen LogP contribution in [0, 0.1) is 0 Å². The van der Waals surface area contributed by atoms with Gasteiger partial charge in [0.2, 0.25) is 0 Å². The Morgan fingerprint density at radius 2 is 1.92 bits per heavy atom. The number of rotatable bonds is 1. The molecule has 0 aromatic carbocycles. The smallest absolute Gasteiger partial charge is 0.351 e. The van der Waals surface area contributed by atoms with Crippen molar-refractivity contribution in [2.75, 3.05) is 0 Å². The summed E-state index contributed by atoms with van der Waals surface area (Å²) in [5.74, 6) is 0. The van der Waals surface area contributed by atoms with Gasteiger partial charge in [-0.3, -0.25) is 0 Å². The van der Waals surface area contributed by atoms with Crippen LogP contribution in [0.25, 0.3) is 0 Å². The molecule has 0 amide bonds. The molecule has 0 aliphatic heterocycles. The summed E-state index contributed by atoms with van der Waals surface area (Å²) in [6, 6.07) is 1.15. The molecule has 0 aliphatic rings. The molecule has 0 radical (unpaired) electrons. The lowest BCUT2D eigenvalue weighted by Crippen LogP contribution is -2.03. The van der Waals surface area contributed by atoms with E-state index in [1.54, 1.807) is 0 Å². The van der Waals surface area contributed by atoms with E-state index < -0.39 is 11.7 Å². The van der Waals surface area contributed by atoms with E-state index in [0.29, 0.717) is 0 Å². The van der Waals surface area contributed by atoms with Crippen LogP contribution in [0.3, 0.4) is 0 Å². The Hall–Kier alpha value is -0.930. The van der Waals surface area contributed by atoms with Gasteiger partial charge in [-0.1, -0.05) is 0 Å². The highest BCUT2D eigenvalue weighted by Gasteiger charge is 2.31. The number of hydrogen-bond donors (Lipinski definition) is 0. The van der Waals surface area contributed by atoms with Gasteiger partial charge in [-0.2, -0.15) is 13.2 Å². The molecule has 68 valence electrons. The van der Waals surface area contributed by atoms with Gasteiger partial charge in [0.1, 0.15) is 0 Å². The van der Waals surface area contributed by atoms with Crippen molar-refractivity contribution in [1.29, 1.82) is 0 Å². The van der Waals surface area contributed by atoms with Crippen molar-refractivity contribution in [3.8, 4) is 0 Å². The van der Waals surface area contributed by atoms with E-state index in [0.717, 1.165) is 12.3 Å². The molecule has 1 heterocycles. The molecule has 1 aromatic heterocycles. The first-order valence-electron chi connectivity index (χ1n) is 3.66. The van der Waals surface area contributed by atoms with Crippen LogP contribution < -0.4 is 0 Å². The van der Waals surface area contributed by atoms with Crippen molar-refractivity contribution in [2.24, 2.45) is 0 Å². The molecule has 0 aliphatic carbocycles. The van der Waals surface area contributed by atoms with E-state index in [2.05, 4.69) is 0 Å². The normalized spacial score (nSPS) is 12.5. The van der Waals surface area contributed by atoms with Crippen molar-refractivity contribution >= 4 is 0 Å². The summed E-state index contributed by atoms with van der Waals surface area (Å²) in [6.07, 6.45) is -1.67. The number of halogens is 3. The summed E-state index contributed by atoms with van der Waals surface area (Å²) in [5.41, 5.74) is -0.587. The van der Waals surface area contributed by atoms with E-state index >= 15 is 0 Å². The Bertz CT molecular complexity index is 260. The lowest BCUT2D eigenvalue weighted by Gasteiger charge is -2.06. The highest BCUT2D eigenvalue weighted by Crippen LogP contribution is 2.29. The molecule has 0 atom stereocenters. The van der Waals surface area contributed by atoms with Crippen molar-refractivity contribution < 1.29 is 13.2 Å². The van der Waals surface area contributed by atoms with Crippen molar-refractivity contribution in [3.05, 3.63) is 24.0 Å². The number of aromatic nitrogens is 1. The van der Waals surface area contributed by atoms with Gasteiger partial charge in [0, 0.05) is 18.4 Å².